The third-order valence-electron chi connectivity index (χ3n) is 13.0. The third kappa shape index (κ3) is 5.29. The van der Waals surface area contributed by atoms with Gasteiger partial charge < -0.3 is 9.32 Å². The van der Waals surface area contributed by atoms with Crippen LogP contribution < -0.4 is 4.90 Å². The summed E-state index contributed by atoms with van der Waals surface area (Å²) in [6.07, 6.45) is 2.37. The van der Waals surface area contributed by atoms with Crippen LogP contribution in [0.3, 0.4) is 0 Å². The zero-order valence-corrected chi connectivity index (χ0v) is 32.7. The van der Waals surface area contributed by atoms with E-state index in [4.69, 9.17) is 4.42 Å². The SMILES string of the molecule is CC1(C)CCC(C)(C)c2cc(-c3cc4c(cc3N(c3ccc(-c5ccccc5)cc3)c3ccc5c(c3)oc3ccccc35)C(C)(C)c3ccccc3-4)ccc21. The molecule has 55 heavy (non-hydrogen) atoms. The minimum Gasteiger partial charge on any atom is -0.456 e. The number of hydrogen-bond acceptors (Lipinski definition) is 2. The van der Waals surface area contributed by atoms with Crippen LogP contribution in [0, 0.1) is 0 Å². The van der Waals surface area contributed by atoms with Crippen molar-refractivity contribution in [2.24, 2.45) is 0 Å². The molecule has 270 valence electrons. The summed E-state index contributed by atoms with van der Waals surface area (Å²) in [7, 11) is 0. The van der Waals surface area contributed by atoms with Crippen molar-refractivity contribution in [3.05, 3.63) is 174 Å². The fourth-order valence-electron chi connectivity index (χ4n) is 9.62. The van der Waals surface area contributed by atoms with Crippen LogP contribution in [0.4, 0.5) is 17.1 Å². The predicted molar refractivity (Wildman–Crippen MR) is 232 cm³/mol. The van der Waals surface area contributed by atoms with Crippen LogP contribution >= 0.6 is 0 Å². The lowest BCUT2D eigenvalue weighted by Gasteiger charge is -2.42. The van der Waals surface area contributed by atoms with Crippen LogP contribution in [0.1, 0.15) is 76.6 Å². The lowest BCUT2D eigenvalue weighted by atomic mass is 9.63. The molecule has 2 nitrogen and oxygen atoms in total. The Morgan fingerprint density at radius 3 is 1.85 bits per heavy atom. The fraction of sp³-hybridized carbons (Fsp3) is 0.208. The standard InChI is InChI=1S/C53H47NO/c1-51(2)28-29-52(3,4)47-30-36(22-27-45(47)51)42-32-43-39-16-10-12-18-44(39)53(5,6)46(43)33-48(42)54(37-23-20-35(21-24-37)34-14-8-7-9-15-34)38-25-26-41-40-17-11-13-19-49(40)55-50(41)31-38/h7-27,30-33H,28-29H2,1-6H3. The molecule has 0 fully saturated rings. The monoisotopic (exact) mass is 713 g/mol. The highest BCUT2D eigenvalue weighted by molar-refractivity contribution is 6.06. The summed E-state index contributed by atoms with van der Waals surface area (Å²) >= 11 is 0. The fourth-order valence-corrected chi connectivity index (χ4v) is 9.62. The van der Waals surface area contributed by atoms with Gasteiger partial charge in [-0.15, -0.1) is 0 Å². The van der Waals surface area contributed by atoms with Gasteiger partial charge in [-0.2, -0.15) is 0 Å². The first-order valence-electron chi connectivity index (χ1n) is 19.8. The lowest BCUT2D eigenvalue weighted by Crippen LogP contribution is -2.33. The molecule has 2 aliphatic rings. The molecule has 0 N–H and O–H groups in total. The third-order valence-corrected chi connectivity index (χ3v) is 13.0. The molecule has 7 aromatic carbocycles. The van der Waals surface area contributed by atoms with Gasteiger partial charge in [-0.25, -0.2) is 0 Å². The minimum atomic E-state index is -0.160. The van der Waals surface area contributed by atoms with E-state index in [-0.39, 0.29) is 16.2 Å². The molecule has 0 atom stereocenters. The summed E-state index contributed by atoms with van der Waals surface area (Å²) < 4.78 is 6.53. The van der Waals surface area contributed by atoms with E-state index in [1.54, 1.807) is 0 Å². The van der Waals surface area contributed by atoms with Crippen LogP contribution in [0.2, 0.25) is 0 Å². The number of para-hydroxylation sites is 1. The van der Waals surface area contributed by atoms with Gasteiger partial charge in [-0.3, -0.25) is 0 Å². The van der Waals surface area contributed by atoms with Crippen molar-refractivity contribution in [2.45, 2.75) is 70.6 Å². The van der Waals surface area contributed by atoms with Crippen LogP contribution in [0.25, 0.3) is 55.3 Å². The van der Waals surface area contributed by atoms with Crippen molar-refractivity contribution in [3.63, 3.8) is 0 Å². The Morgan fingerprint density at radius 2 is 1.05 bits per heavy atom. The first-order valence-corrected chi connectivity index (χ1v) is 19.8. The van der Waals surface area contributed by atoms with Crippen molar-refractivity contribution < 1.29 is 4.42 Å². The zero-order chi connectivity index (χ0) is 37.7. The van der Waals surface area contributed by atoms with Crippen LogP contribution in [0.15, 0.2) is 156 Å². The van der Waals surface area contributed by atoms with Gasteiger partial charge in [0.25, 0.3) is 0 Å². The molecule has 0 amide bonds. The maximum atomic E-state index is 6.53. The van der Waals surface area contributed by atoms with Gasteiger partial charge in [0, 0.05) is 39.2 Å². The smallest absolute Gasteiger partial charge is 0.137 e. The van der Waals surface area contributed by atoms with Gasteiger partial charge in [-0.1, -0.05) is 145 Å². The summed E-state index contributed by atoms with van der Waals surface area (Å²) in [4.78, 5) is 2.46. The van der Waals surface area contributed by atoms with E-state index >= 15 is 0 Å². The Kier molecular flexibility index (Phi) is 7.39. The van der Waals surface area contributed by atoms with Crippen LogP contribution in [-0.4, -0.2) is 0 Å². The second kappa shape index (κ2) is 12.1. The number of fused-ring (bicyclic) bond motifs is 7. The van der Waals surface area contributed by atoms with Gasteiger partial charge in [0.05, 0.1) is 5.69 Å². The Hall–Kier alpha value is -5.86. The second-order valence-electron chi connectivity index (χ2n) is 17.6. The Bertz CT molecular complexity index is 2780. The molecular formula is C53H47NO. The Balaban J connectivity index is 1.25. The van der Waals surface area contributed by atoms with E-state index < -0.39 is 0 Å². The number of nitrogens with zero attached hydrogens (tertiary/aromatic N) is 1. The summed E-state index contributed by atoms with van der Waals surface area (Å²) in [5.74, 6) is 0. The molecule has 0 saturated carbocycles. The molecule has 1 heterocycles. The molecule has 0 aliphatic heterocycles. The van der Waals surface area contributed by atoms with Gasteiger partial charge in [0.1, 0.15) is 11.2 Å². The number of rotatable bonds is 5. The topological polar surface area (TPSA) is 16.4 Å². The molecule has 10 rings (SSSR count). The average molecular weight is 714 g/mol. The normalized spacial score (nSPS) is 16.1. The molecule has 0 unspecified atom stereocenters. The second-order valence-corrected chi connectivity index (χ2v) is 17.6. The highest BCUT2D eigenvalue weighted by atomic mass is 16.3. The quantitative estimate of drug-likeness (QED) is 0.177. The number of hydrogen-bond donors (Lipinski definition) is 0. The lowest BCUT2D eigenvalue weighted by molar-refractivity contribution is 0.332. The van der Waals surface area contributed by atoms with Gasteiger partial charge in [-0.05, 0) is 116 Å². The number of benzene rings is 7. The van der Waals surface area contributed by atoms with Crippen molar-refractivity contribution in [1.82, 2.24) is 0 Å². The van der Waals surface area contributed by atoms with Gasteiger partial charge in [0.15, 0.2) is 0 Å². The molecule has 8 aromatic rings. The van der Waals surface area contributed by atoms with Crippen LogP contribution in [-0.2, 0) is 16.2 Å². The molecule has 0 spiro atoms. The van der Waals surface area contributed by atoms with Gasteiger partial charge >= 0.3 is 0 Å². The van der Waals surface area contributed by atoms with Crippen molar-refractivity contribution in [1.29, 1.82) is 0 Å². The first-order chi connectivity index (χ1) is 26.5. The van der Waals surface area contributed by atoms with Crippen molar-refractivity contribution >= 4 is 39.0 Å². The summed E-state index contributed by atoms with van der Waals surface area (Å²) in [6.45, 7) is 14.4. The maximum Gasteiger partial charge on any atom is 0.137 e. The van der Waals surface area contributed by atoms with Crippen LogP contribution in [0.5, 0.6) is 0 Å². The first kappa shape index (κ1) is 33.7. The molecule has 2 aliphatic carbocycles. The molecule has 0 radical (unpaired) electrons. The largest absolute Gasteiger partial charge is 0.456 e. The van der Waals surface area contributed by atoms with E-state index in [0.29, 0.717) is 0 Å². The molecule has 2 heteroatoms. The minimum absolute atomic E-state index is 0.0889. The van der Waals surface area contributed by atoms with Gasteiger partial charge in [0.2, 0.25) is 0 Å². The highest BCUT2D eigenvalue weighted by Crippen LogP contribution is 2.55. The van der Waals surface area contributed by atoms with E-state index in [9.17, 15) is 0 Å². The summed E-state index contributed by atoms with van der Waals surface area (Å²) in [5.41, 5.74) is 18.4. The number of furan rings is 1. The molecule has 0 saturated heterocycles. The summed E-state index contributed by atoms with van der Waals surface area (Å²) in [6, 6.07) is 56.1. The predicted octanol–water partition coefficient (Wildman–Crippen LogP) is 15.0. The molecule has 1 aromatic heterocycles. The zero-order valence-electron chi connectivity index (χ0n) is 32.7. The van der Waals surface area contributed by atoms with Crippen molar-refractivity contribution in [2.75, 3.05) is 4.90 Å². The average Bonchev–Trinajstić information content (AvgIpc) is 3.68. The Morgan fingerprint density at radius 1 is 0.418 bits per heavy atom. The molecule has 0 bridgehead atoms. The van der Waals surface area contributed by atoms with E-state index in [1.165, 1.54) is 68.5 Å². The Labute approximate surface area is 325 Å². The summed E-state index contributed by atoms with van der Waals surface area (Å²) in [5, 5.41) is 2.27. The number of anilines is 3. The van der Waals surface area contributed by atoms with E-state index in [2.05, 4.69) is 192 Å². The highest BCUT2D eigenvalue weighted by Gasteiger charge is 2.39. The maximum absolute atomic E-state index is 6.53. The molecular weight excluding hydrogens is 667 g/mol. The van der Waals surface area contributed by atoms with Crippen molar-refractivity contribution in [3.8, 4) is 33.4 Å². The van der Waals surface area contributed by atoms with E-state index in [0.717, 1.165) is 39.0 Å². The van der Waals surface area contributed by atoms with E-state index in [1.807, 2.05) is 6.07 Å².